The van der Waals surface area contributed by atoms with Crippen molar-refractivity contribution in [2.24, 2.45) is 0 Å². The number of nitrogens with two attached hydrogens (primary N) is 1. The van der Waals surface area contributed by atoms with E-state index in [1.807, 2.05) is 0 Å². The summed E-state index contributed by atoms with van der Waals surface area (Å²) in [5.74, 6) is -0.275. The van der Waals surface area contributed by atoms with Crippen LogP contribution in [0.25, 0.3) is 0 Å². The zero-order valence-electron chi connectivity index (χ0n) is 9.27. The summed E-state index contributed by atoms with van der Waals surface area (Å²) in [5.41, 5.74) is 6.27. The molecule has 88 valence electrons. The van der Waals surface area contributed by atoms with Gasteiger partial charge in [0.2, 0.25) is 0 Å². The van der Waals surface area contributed by atoms with Crippen molar-refractivity contribution >= 4 is 11.7 Å². The second kappa shape index (κ2) is 5.37. The van der Waals surface area contributed by atoms with Crippen LogP contribution in [0.2, 0.25) is 0 Å². The van der Waals surface area contributed by atoms with E-state index in [1.54, 1.807) is 18.2 Å². The molecule has 0 aliphatic heterocycles. The first-order valence-electron chi connectivity index (χ1n) is 4.84. The third-order valence-electron chi connectivity index (χ3n) is 1.93. The van der Waals surface area contributed by atoms with Crippen molar-refractivity contribution in [2.75, 3.05) is 19.5 Å². The summed E-state index contributed by atoms with van der Waals surface area (Å²) in [6, 6.07) is 4.82. The predicted octanol–water partition coefficient (Wildman–Crippen LogP) is 0.815. The number of ether oxygens (including phenoxy) is 2. The molecule has 0 radical (unpaired) electrons. The molecule has 1 unspecified atom stereocenters. The number of nitrogen functional groups attached to an aromatic ring is 1. The Hall–Kier alpha value is -1.75. The molecule has 1 atom stereocenters. The monoisotopic (exact) mass is 225 g/mol. The van der Waals surface area contributed by atoms with E-state index in [9.17, 15) is 4.79 Å². The summed E-state index contributed by atoms with van der Waals surface area (Å²) in [4.78, 5) is 11.6. The van der Waals surface area contributed by atoms with Crippen molar-refractivity contribution in [1.82, 2.24) is 0 Å². The normalized spacial score (nSPS) is 11.9. The number of hydrogen-bond donors (Lipinski definition) is 2. The number of benzene rings is 1. The Morgan fingerprint density at radius 3 is 2.81 bits per heavy atom. The van der Waals surface area contributed by atoms with Gasteiger partial charge in [0.1, 0.15) is 12.2 Å². The molecule has 0 bridgehead atoms. The van der Waals surface area contributed by atoms with Crippen LogP contribution in [0.15, 0.2) is 18.2 Å². The molecule has 0 fully saturated rings. The number of aliphatic hydroxyl groups excluding tert-OH is 1. The van der Waals surface area contributed by atoms with Crippen LogP contribution in [0.4, 0.5) is 5.69 Å². The molecule has 0 spiro atoms. The molecule has 0 heterocycles. The smallest absolute Gasteiger partial charge is 0.342 e. The fourth-order valence-corrected chi connectivity index (χ4v) is 1.22. The topological polar surface area (TPSA) is 81.8 Å². The zero-order valence-corrected chi connectivity index (χ0v) is 9.27. The number of methoxy groups -OCH3 is 1. The van der Waals surface area contributed by atoms with Gasteiger partial charge < -0.3 is 20.3 Å². The summed E-state index contributed by atoms with van der Waals surface area (Å²) in [5, 5.41) is 9.00. The van der Waals surface area contributed by atoms with Gasteiger partial charge in [-0.2, -0.15) is 0 Å². The number of rotatable bonds is 4. The molecule has 0 aromatic heterocycles. The molecule has 0 amide bonds. The molecular formula is C11H15NO4. The highest BCUT2D eigenvalue weighted by Crippen LogP contribution is 2.26. The van der Waals surface area contributed by atoms with Crippen LogP contribution in [0.1, 0.15) is 17.3 Å². The maximum absolute atomic E-state index is 11.6. The number of esters is 1. The van der Waals surface area contributed by atoms with Crippen molar-refractivity contribution in [3.63, 3.8) is 0 Å². The van der Waals surface area contributed by atoms with Crippen molar-refractivity contribution in [3.8, 4) is 5.75 Å². The van der Waals surface area contributed by atoms with E-state index in [-0.39, 0.29) is 17.9 Å². The van der Waals surface area contributed by atoms with Crippen LogP contribution in [0.5, 0.6) is 5.75 Å². The first-order chi connectivity index (χ1) is 7.56. The average molecular weight is 225 g/mol. The van der Waals surface area contributed by atoms with Gasteiger partial charge in [0.15, 0.2) is 5.75 Å². The van der Waals surface area contributed by atoms with E-state index >= 15 is 0 Å². The molecule has 0 aliphatic carbocycles. The molecule has 0 saturated heterocycles. The summed E-state index contributed by atoms with van der Waals surface area (Å²) in [6.45, 7) is 1.47. The quantitative estimate of drug-likeness (QED) is 0.585. The number of carbonyl (C=O) groups is 1. The van der Waals surface area contributed by atoms with Crippen molar-refractivity contribution in [2.45, 2.75) is 13.0 Å². The lowest BCUT2D eigenvalue weighted by molar-refractivity contribution is 0.0293. The van der Waals surface area contributed by atoms with Gasteiger partial charge in [-0.3, -0.25) is 0 Å². The first kappa shape index (κ1) is 12.3. The van der Waals surface area contributed by atoms with Crippen LogP contribution in [0, 0.1) is 0 Å². The SMILES string of the molecule is COc1c(N)cccc1C(=O)OCC(C)O. The lowest BCUT2D eigenvalue weighted by Crippen LogP contribution is -2.16. The van der Waals surface area contributed by atoms with E-state index in [0.29, 0.717) is 5.69 Å². The van der Waals surface area contributed by atoms with Crippen LogP contribution in [-0.2, 0) is 4.74 Å². The molecule has 5 nitrogen and oxygen atoms in total. The number of aliphatic hydroxyl groups is 1. The van der Waals surface area contributed by atoms with Gasteiger partial charge in [-0.05, 0) is 19.1 Å². The van der Waals surface area contributed by atoms with Gasteiger partial charge in [0.05, 0.1) is 18.9 Å². The van der Waals surface area contributed by atoms with E-state index in [2.05, 4.69) is 0 Å². The van der Waals surface area contributed by atoms with Gasteiger partial charge in [-0.25, -0.2) is 4.79 Å². The Labute approximate surface area is 93.8 Å². The molecule has 1 aromatic rings. The Kier molecular flexibility index (Phi) is 4.13. The van der Waals surface area contributed by atoms with Crippen LogP contribution < -0.4 is 10.5 Å². The molecule has 0 aliphatic rings. The van der Waals surface area contributed by atoms with E-state index < -0.39 is 12.1 Å². The number of carbonyl (C=O) groups excluding carboxylic acids is 1. The van der Waals surface area contributed by atoms with Crippen molar-refractivity contribution < 1.29 is 19.4 Å². The van der Waals surface area contributed by atoms with Gasteiger partial charge in [-0.1, -0.05) is 6.07 Å². The summed E-state index contributed by atoms with van der Waals surface area (Å²) in [7, 11) is 1.43. The minimum atomic E-state index is -0.698. The van der Waals surface area contributed by atoms with E-state index in [0.717, 1.165) is 0 Å². The highest BCUT2D eigenvalue weighted by Gasteiger charge is 2.16. The maximum atomic E-state index is 11.6. The molecule has 5 heteroatoms. The van der Waals surface area contributed by atoms with Gasteiger partial charge in [-0.15, -0.1) is 0 Å². The molecule has 16 heavy (non-hydrogen) atoms. The molecule has 1 aromatic carbocycles. The zero-order chi connectivity index (χ0) is 12.1. The number of anilines is 1. The van der Waals surface area contributed by atoms with Crippen molar-refractivity contribution in [1.29, 1.82) is 0 Å². The fraction of sp³-hybridized carbons (Fsp3) is 0.364. The lowest BCUT2D eigenvalue weighted by atomic mass is 10.2. The standard InChI is InChI=1S/C11H15NO4/c1-7(13)6-16-11(14)8-4-3-5-9(12)10(8)15-2/h3-5,7,13H,6,12H2,1-2H3. The Balaban J connectivity index is 2.86. The van der Waals surface area contributed by atoms with Gasteiger partial charge in [0, 0.05) is 0 Å². The maximum Gasteiger partial charge on any atom is 0.342 e. The number of hydrogen-bond acceptors (Lipinski definition) is 5. The van der Waals surface area contributed by atoms with Crippen molar-refractivity contribution in [3.05, 3.63) is 23.8 Å². The van der Waals surface area contributed by atoms with Crippen LogP contribution in [0.3, 0.4) is 0 Å². The highest BCUT2D eigenvalue weighted by atomic mass is 16.5. The first-order valence-corrected chi connectivity index (χ1v) is 4.84. The van der Waals surface area contributed by atoms with Gasteiger partial charge in [0.25, 0.3) is 0 Å². The van der Waals surface area contributed by atoms with E-state index in [1.165, 1.54) is 14.0 Å². The Morgan fingerprint density at radius 1 is 1.56 bits per heavy atom. The fourth-order valence-electron chi connectivity index (χ4n) is 1.22. The lowest BCUT2D eigenvalue weighted by Gasteiger charge is -2.11. The molecule has 0 saturated carbocycles. The highest BCUT2D eigenvalue weighted by molar-refractivity contribution is 5.94. The summed E-state index contributed by atoms with van der Waals surface area (Å²) >= 11 is 0. The molecular weight excluding hydrogens is 210 g/mol. The minimum Gasteiger partial charge on any atom is -0.494 e. The number of para-hydroxylation sites is 1. The summed E-state index contributed by atoms with van der Waals surface area (Å²) in [6.07, 6.45) is -0.698. The predicted molar refractivity (Wildman–Crippen MR) is 59.4 cm³/mol. The van der Waals surface area contributed by atoms with Gasteiger partial charge >= 0.3 is 5.97 Å². The largest absolute Gasteiger partial charge is 0.494 e. The third kappa shape index (κ3) is 2.87. The van der Waals surface area contributed by atoms with Crippen LogP contribution in [-0.4, -0.2) is 30.9 Å². The second-order valence-corrected chi connectivity index (χ2v) is 3.38. The molecule has 3 N–H and O–H groups in total. The van der Waals surface area contributed by atoms with E-state index in [4.69, 9.17) is 20.3 Å². The Morgan fingerprint density at radius 2 is 2.25 bits per heavy atom. The second-order valence-electron chi connectivity index (χ2n) is 3.38. The third-order valence-corrected chi connectivity index (χ3v) is 1.93. The Bertz CT molecular complexity index is 376. The average Bonchev–Trinajstić information content (AvgIpc) is 2.25. The minimum absolute atomic E-state index is 0.0587. The molecule has 1 rings (SSSR count). The van der Waals surface area contributed by atoms with Crippen LogP contribution >= 0.6 is 0 Å². The summed E-state index contributed by atoms with van der Waals surface area (Å²) < 4.78 is 9.88.